The lowest BCUT2D eigenvalue weighted by Gasteiger charge is -2.09. The Morgan fingerprint density at radius 3 is 2.46 bits per heavy atom. The Labute approximate surface area is 163 Å². The largest absolute Gasteiger partial charge is 0.323 e. The molecule has 0 fully saturated rings. The molecule has 0 aliphatic rings. The van der Waals surface area contributed by atoms with Crippen LogP contribution in [0.15, 0.2) is 60.2 Å². The van der Waals surface area contributed by atoms with Gasteiger partial charge >= 0.3 is 6.03 Å². The summed E-state index contributed by atoms with van der Waals surface area (Å²) in [5, 5.41) is 8.30. The van der Waals surface area contributed by atoms with Crippen LogP contribution in [0.3, 0.4) is 0 Å². The Morgan fingerprint density at radius 1 is 1.00 bits per heavy atom. The zero-order chi connectivity index (χ0) is 18.1. The molecule has 2 heterocycles. The van der Waals surface area contributed by atoms with Crippen molar-refractivity contribution in [3.8, 4) is 11.3 Å². The number of nitrogens with one attached hydrogen (secondary N) is 2. The van der Waals surface area contributed by atoms with Gasteiger partial charge in [-0.15, -0.1) is 11.3 Å². The van der Waals surface area contributed by atoms with Gasteiger partial charge < -0.3 is 10.6 Å². The number of halogens is 2. The minimum atomic E-state index is -0.362. The predicted octanol–water partition coefficient (Wildman–Crippen LogP) is 6.01. The number of aromatic nitrogens is 2. The van der Waals surface area contributed by atoms with Crippen molar-refractivity contribution in [1.82, 2.24) is 9.38 Å². The van der Waals surface area contributed by atoms with Gasteiger partial charge in [0.25, 0.3) is 0 Å². The molecule has 0 saturated carbocycles. The first-order valence-corrected chi connectivity index (χ1v) is 9.28. The highest BCUT2D eigenvalue weighted by atomic mass is 35.5. The number of thiazole rings is 1. The molecule has 0 aliphatic heterocycles. The number of hydrogen-bond donors (Lipinski definition) is 2. The maximum atomic E-state index is 12.1. The zero-order valence-corrected chi connectivity index (χ0v) is 15.6. The summed E-state index contributed by atoms with van der Waals surface area (Å²) < 4.78 is 1.98. The molecule has 0 unspecified atom stereocenters. The molecule has 26 heavy (non-hydrogen) atoms. The molecule has 130 valence electrons. The van der Waals surface area contributed by atoms with Gasteiger partial charge in [0.15, 0.2) is 4.96 Å². The molecule has 4 rings (SSSR count). The number of carbonyl (C=O) groups excluding carboxylic acids is 1. The second-order valence-electron chi connectivity index (χ2n) is 5.50. The van der Waals surface area contributed by atoms with E-state index in [2.05, 4.69) is 15.6 Å². The van der Waals surface area contributed by atoms with Gasteiger partial charge in [-0.05, 0) is 30.3 Å². The quantitative estimate of drug-likeness (QED) is 0.440. The van der Waals surface area contributed by atoms with Crippen molar-refractivity contribution in [3.63, 3.8) is 0 Å². The van der Waals surface area contributed by atoms with Gasteiger partial charge in [-0.25, -0.2) is 9.78 Å². The first-order chi connectivity index (χ1) is 12.6. The maximum Gasteiger partial charge on any atom is 0.323 e. The first-order valence-electron chi connectivity index (χ1n) is 7.64. The van der Waals surface area contributed by atoms with E-state index >= 15 is 0 Å². The van der Waals surface area contributed by atoms with Crippen LogP contribution in [-0.4, -0.2) is 15.4 Å². The highest BCUT2D eigenvalue weighted by Gasteiger charge is 2.07. The van der Waals surface area contributed by atoms with Gasteiger partial charge in [-0.3, -0.25) is 4.40 Å². The predicted molar refractivity (Wildman–Crippen MR) is 108 cm³/mol. The summed E-state index contributed by atoms with van der Waals surface area (Å²) in [5.74, 6) is 0. The second-order valence-corrected chi connectivity index (χ2v) is 7.19. The second kappa shape index (κ2) is 6.99. The average molecular weight is 403 g/mol. The molecular formula is C18H12Cl2N4OS. The standard InChI is InChI=1S/C18H12Cl2N4OS/c19-14-6-5-13(9-15(14)20)22-17(25)21-12-3-1-11(2-4-12)16-10-24-7-8-26-18(24)23-16/h1-10H,(H2,21,22,25). The number of carbonyl (C=O) groups is 1. The summed E-state index contributed by atoms with van der Waals surface area (Å²) in [6, 6.07) is 12.0. The number of urea groups is 1. The van der Waals surface area contributed by atoms with Crippen LogP contribution in [0.2, 0.25) is 10.0 Å². The third-order valence-corrected chi connectivity index (χ3v) is 5.22. The van der Waals surface area contributed by atoms with Crippen molar-refractivity contribution in [2.45, 2.75) is 0 Å². The Morgan fingerprint density at radius 2 is 1.73 bits per heavy atom. The lowest BCUT2D eigenvalue weighted by Crippen LogP contribution is -2.19. The summed E-state index contributed by atoms with van der Waals surface area (Å²) >= 11 is 13.4. The summed E-state index contributed by atoms with van der Waals surface area (Å²) in [5.41, 5.74) is 3.11. The lowest BCUT2D eigenvalue weighted by atomic mass is 10.1. The Bertz CT molecular complexity index is 1060. The maximum absolute atomic E-state index is 12.1. The molecule has 0 bridgehead atoms. The highest BCUT2D eigenvalue weighted by molar-refractivity contribution is 7.15. The van der Waals surface area contributed by atoms with E-state index in [1.54, 1.807) is 29.5 Å². The fourth-order valence-corrected chi connectivity index (χ4v) is 3.46. The van der Waals surface area contributed by atoms with Crippen LogP contribution in [0.1, 0.15) is 0 Å². The fraction of sp³-hybridized carbons (Fsp3) is 0. The van der Waals surface area contributed by atoms with Gasteiger partial charge in [0.05, 0.1) is 15.7 Å². The van der Waals surface area contributed by atoms with Crippen molar-refractivity contribution in [1.29, 1.82) is 0 Å². The van der Waals surface area contributed by atoms with Crippen molar-refractivity contribution in [3.05, 3.63) is 70.3 Å². The molecule has 2 amide bonds. The third-order valence-electron chi connectivity index (χ3n) is 3.71. The molecule has 4 aromatic rings. The number of hydrogen-bond acceptors (Lipinski definition) is 3. The van der Waals surface area contributed by atoms with Crippen LogP contribution in [-0.2, 0) is 0 Å². The van der Waals surface area contributed by atoms with Crippen LogP contribution < -0.4 is 10.6 Å². The van der Waals surface area contributed by atoms with Gasteiger partial charge in [0.1, 0.15) is 0 Å². The smallest absolute Gasteiger partial charge is 0.308 e. The SMILES string of the molecule is O=C(Nc1ccc(-c2cn3ccsc3n2)cc1)Nc1ccc(Cl)c(Cl)c1. The Kier molecular flexibility index (Phi) is 4.55. The Hall–Kier alpha value is -2.54. The van der Waals surface area contributed by atoms with Crippen molar-refractivity contribution in [2.75, 3.05) is 10.6 Å². The van der Waals surface area contributed by atoms with Crippen LogP contribution in [0, 0.1) is 0 Å². The average Bonchev–Trinajstić information content (AvgIpc) is 3.21. The molecule has 2 aromatic heterocycles. The Balaban J connectivity index is 1.44. The molecule has 0 atom stereocenters. The number of imidazole rings is 1. The number of nitrogens with zero attached hydrogens (tertiary/aromatic N) is 2. The van der Waals surface area contributed by atoms with E-state index in [1.165, 1.54) is 0 Å². The van der Waals surface area contributed by atoms with E-state index in [1.807, 2.05) is 46.4 Å². The van der Waals surface area contributed by atoms with Crippen LogP contribution >= 0.6 is 34.5 Å². The molecule has 2 aromatic carbocycles. The topological polar surface area (TPSA) is 58.4 Å². The van der Waals surface area contributed by atoms with Crippen molar-refractivity contribution in [2.24, 2.45) is 0 Å². The first kappa shape index (κ1) is 16.9. The lowest BCUT2D eigenvalue weighted by molar-refractivity contribution is 0.262. The normalized spacial score (nSPS) is 10.8. The molecule has 2 N–H and O–H groups in total. The molecular weight excluding hydrogens is 391 g/mol. The number of anilines is 2. The van der Waals surface area contributed by atoms with E-state index in [0.717, 1.165) is 16.2 Å². The van der Waals surface area contributed by atoms with E-state index < -0.39 is 0 Å². The van der Waals surface area contributed by atoms with E-state index in [0.29, 0.717) is 21.4 Å². The van der Waals surface area contributed by atoms with E-state index in [-0.39, 0.29) is 6.03 Å². The monoisotopic (exact) mass is 402 g/mol. The summed E-state index contributed by atoms with van der Waals surface area (Å²) in [4.78, 5) is 17.6. The van der Waals surface area contributed by atoms with E-state index in [9.17, 15) is 4.79 Å². The summed E-state index contributed by atoms with van der Waals surface area (Å²) in [7, 11) is 0. The van der Waals surface area contributed by atoms with Gasteiger partial charge in [0, 0.05) is 34.7 Å². The number of amides is 2. The van der Waals surface area contributed by atoms with Gasteiger partial charge in [-0.1, -0.05) is 35.3 Å². The van der Waals surface area contributed by atoms with Crippen LogP contribution in [0.25, 0.3) is 16.2 Å². The summed E-state index contributed by atoms with van der Waals surface area (Å²) in [6.45, 7) is 0. The molecule has 0 aliphatic carbocycles. The summed E-state index contributed by atoms with van der Waals surface area (Å²) in [6.07, 6.45) is 3.95. The fourth-order valence-electron chi connectivity index (χ4n) is 2.46. The highest BCUT2D eigenvalue weighted by Crippen LogP contribution is 2.26. The van der Waals surface area contributed by atoms with Crippen LogP contribution in [0.5, 0.6) is 0 Å². The van der Waals surface area contributed by atoms with Crippen LogP contribution in [0.4, 0.5) is 16.2 Å². The molecule has 0 saturated heterocycles. The minimum absolute atomic E-state index is 0.362. The molecule has 0 radical (unpaired) electrons. The minimum Gasteiger partial charge on any atom is -0.308 e. The number of fused-ring (bicyclic) bond motifs is 1. The third kappa shape index (κ3) is 3.53. The molecule has 8 heteroatoms. The van der Waals surface area contributed by atoms with Gasteiger partial charge in [0.2, 0.25) is 0 Å². The van der Waals surface area contributed by atoms with Crippen molar-refractivity contribution < 1.29 is 4.79 Å². The number of rotatable bonds is 3. The zero-order valence-electron chi connectivity index (χ0n) is 13.2. The van der Waals surface area contributed by atoms with Crippen molar-refractivity contribution >= 4 is 56.9 Å². The number of benzene rings is 2. The molecule has 0 spiro atoms. The van der Waals surface area contributed by atoms with Gasteiger partial charge in [-0.2, -0.15) is 0 Å². The molecule has 5 nitrogen and oxygen atoms in total. The van der Waals surface area contributed by atoms with E-state index in [4.69, 9.17) is 23.2 Å².